The molecule has 2 unspecified atom stereocenters. The molecule has 7 heteroatoms. The third-order valence-corrected chi connectivity index (χ3v) is 10.5. The number of rotatable bonds is 11. The van der Waals surface area contributed by atoms with E-state index in [1.54, 1.807) is 0 Å². The second-order valence-corrected chi connectivity index (χ2v) is 15.0. The van der Waals surface area contributed by atoms with E-state index in [1.165, 1.54) is 12.8 Å². The zero-order valence-corrected chi connectivity index (χ0v) is 32.8. The molecule has 2 rings (SSSR count). The molecule has 0 bridgehead atoms. The van der Waals surface area contributed by atoms with Gasteiger partial charge in [-0.15, -0.1) is 0 Å². The van der Waals surface area contributed by atoms with E-state index >= 15 is 0 Å². The van der Waals surface area contributed by atoms with Gasteiger partial charge >= 0.3 is 17.9 Å². The molecule has 0 aliphatic carbocycles. The summed E-state index contributed by atoms with van der Waals surface area (Å²) in [5.74, 6) is -0.556. The quantitative estimate of drug-likeness (QED) is 0.0913. The van der Waals surface area contributed by atoms with Crippen LogP contribution >= 0.6 is 0 Å². The van der Waals surface area contributed by atoms with E-state index in [-0.39, 0.29) is 48.7 Å². The van der Waals surface area contributed by atoms with Crippen molar-refractivity contribution in [1.82, 2.24) is 4.90 Å². The molecule has 51 heavy (non-hydrogen) atoms. The predicted octanol–water partition coefficient (Wildman–Crippen LogP) is 10.8. The van der Waals surface area contributed by atoms with Gasteiger partial charge in [0.05, 0.1) is 32.6 Å². The Morgan fingerprint density at radius 1 is 0.706 bits per heavy atom. The number of allylic oxidation sites excluding steroid dienone is 1. The number of cyclic esters (lactones) is 2. The Hall–Kier alpha value is -2.55. The lowest BCUT2D eigenvalue weighted by Crippen LogP contribution is -2.31. The monoisotopic (exact) mass is 712 g/mol. The van der Waals surface area contributed by atoms with Crippen molar-refractivity contribution in [2.45, 2.75) is 187 Å². The number of carbonyl (C=O) groups is 3. The molecule has 2 saturated heterocycles. The summed E-state index contributed by atoms with van der Waals surface area (Å²) < 4.78 is 17.6. The number of carbonyl (C=O) groups excluding carboxylic acids is 3. The van der Waals surface area contributed by atoms with Crippen LogP contribution < -0.4 is 0 Å². The normalized spacial score (nSPS) is 23.6. The first-order valence-corrected chi connectivity index (χ1v) is 21.1. The van der Waals surface area contributed by atoms with Crippen LogP contribution in [0, 0.1) is 11.8 Å². The Balaban J connectivity index is 2.06. The Morgan fingerprint density at radius 3 is 1.65 bits per heavy atom. The molecular formula is C44H73NO6. The Labute approximate surface area is 311 Å². The van der Waals surface area contributed by atoms with Crippen molar-refractivity contribution in [1.29, 1.82) is 0 Å². The number of ether oxygens (including phenoxy) is 3. The zero-order chi connectivity index (χ0) is 36.8. The minimum absolute atomic E-state index is 0.00716. The lowest BCUT2D eigenvalue weighted by Gasteiger charge is -2.25. The van der Waals surface area contributed by atoms with Crippen LogP contribution in [-0.2, 0) is 28.6 Å². The first-order chi connectivity index (χ1) is 25.0. The van der Waals surface area contributed by atoms with E-state index in [0.717, 1.165) is 160 Å². The number of esters is 3. The van der Waals surface area contributed by atoms with Crippen molar-refractivity contribution in [3.05, 3.63) is 29.3 Å². The number of nitrogens with zero attached hydrogens (tertiary/aromatic N) is 1. The maximum absolute atomic E-state index is 13.2. The number of hydrogen-bond donors (Lipinski definition) is 0. The molecule has 0 N–H and O–H groups in total. The number of unbranched alkanes of at least 4 members (excludes halogenated alkanes) is 4. The Bertz CT molecular complexity index is 1030. The van der Waals surface area contributed by atoms with Crippen LogP contribution in [0.3, 0.4) is 0 Å². The molecule has 2 aliphatic rings. The molecule has 2 heterocycles. The molecule has 0 spiro atoms. The van der Waals surface area contributed by atoms with E-state index in [1.807, 2.05) is 0 Å². The fourth-order valence-corrected chi connectivity index (χ4v) is 7.53. The summed E-state index contributed by atoms with van der Waals surface area (Å²) in [7, 11) is 0. The standard InChI is InChI=1S/C44H73NO6/c1-4-7-18-26-38-35-42(46)49-33-24-16-12-10-14-20-28-40(51-44(48)37-45-31-22-23-32-45)29-21-15-11-13-17-25-34-50-43(47)36-39(27-19-8-5-2)41(38)30-9-6-3/h38-40H,3-5,7-8,10-29,31-37H2,1-2H3. The molecule has 290 valence electrons. The maximum Gasteiger partial charge on any atom is 0.320 e. The maximum atomic E-state index is 13.2. The Morgan fingerprint density at radius 2 is 1.18 bits per heavy atom. The van der Waals surface area contributed by atoms with Crippen LogP contribution in [-0.4, -0.2) is 61.8 Å². The lowest BCUT2D eigenvalue weighted by molar-refractivity contribution is -0.151. The predicted molar refractivity (Wildman–Crippen MR) is 206 cm³/mol. The van der Waals surface area contributed by atoms with Crippen molar-refractivity contribution >= 4 is 17.9 Å². The van der Waals surface area contributed by atoms with Gasteiger partial charge < -0.3 is 14.2 Å². The van der Waals surface area contributed by atoms with Gasteiger partial charge in [0.1, 0.15) is 6.10 Å². The van der Waals surface area contributed by atoms with Gasteiger partial charge in [-0.05, 0) is 107 Å². The first kappa shape index (κ1) is 44.6. The van der Waals surface area contributed by atoms with Gasteiger partial charge in [0.25, 0.3) is 0 Å². The first-order valence-electron chi connectivity index (χ1n) is 21.1. The summed E-state index contributed by atoms with van der Waals surface area (Å²) in [6, 6.07) is 0. The van der Waals surface area contributed by atoms with Crippen LogP contribution in [0.1, 0.15) is 181 Å². The number of likely N-dealkylation sites (tertiary alicyclic amines) is 1. The van der Waals surface area contributed by atoms with Crippen LogP contribution in [0.5, 0.6) is 0 Å². The van der Waals surface area contributed by atoms with Gasteiger partial charge in [-0.3, -0.25) is 19.3 Å². The van der Waals surface area contributed by atoms with Crippen LogP contribution in [0.2, 0.25) is 0 Å². The van der Waals surface area contributed by atoms with Gasteiger partial charge in [0, 0.05) is 0 Å². The average molecular weight is 712 g/mol. The van der Waals surface area contributed by atoms with E-state index in [2.05, 4.69) is 42.5 Å². The topological polar surface area (TPSA) is 82.1 Å². The minimum atomic E-state index is -0.181. The van der Waals surface area contributed by atoms with Gasteiger partial charge in [0.2, 0.25) is 0 Å². The third kappa shape index (κ3) is 22.2. The van der Waals surface area contributed by atoms with Crippen LogP contribution in [0.4, 0.5) is 0 Å². The highest BCUT2D eigenvalue weighted by Crippen LogP contribution is 2.33. The lowest BCUT2D eigenvalue weighted by atomic mass is 9.79. The van der Waals surface area contributed by atoms with Crippen molar-refractivity contribution in [2.75, 3.05) is 32.8 Å². The van der Waals surface area contributed by atoms with Crippen molar-refractivity contribution < 1.29 is 28.6 Å². The summed E-state index contributed by atoms with van der Waals surface area (Å²) >= 11 is 0. The number of hydrogen-bond acceptors (Lipinski definition) is 7. The molecule has 0 aromatic heterocycles. The van der Waals surface area contributed by atoms with Crippen molar-refractivity contribution in [3.8, 4) is 0 Å². The van der Waals surface area contributed by atoms with Crippen molar-refractivity contribution in [3.63, 3.8) is 0 Å². The summed E-state index contributed by atoms with van der Waals surface area (Å²) in [4.78, 5) is 41.3. The van der Waals surface area contributed by atoms with Crippen molar-refractivity contribution in [2.24, 2.45) is 11.8 Å². The second kappa shape index (κ2) is 30.0. The van der Waals surface area contributed by atoms with Gasteiger partial charge in [-0.2, -0.15) is 0 Å². The molecule has 2 aliphatic heterocycles. The summed E-state index contributed by atoms with van der Waals surface area (Å²) in [5.41, 5.74) is 9.95. The third-order valence-electron chi connectivity index (χ3n) is 10.5. The highest BCUT2D eigenvalue weighted by atomic mass is 16.5. The average Bonchev–Trinajstić information content (AvgIpc) is 3.62. The van der Waals surface area contributed by atoms with Crippen LogP contribution in [0.25, 0.3) is 0 Å². The van der Waals surface area contributed by atoms with Crippen LogP contribution in [0.15, 0.2) is 29.3 Å². The summed E-state index contributed by atoms with van der Waals surface area (Å²) in [6.07, 6.45) is 25.5. The molecule has 0 amide bonds. The molecule has 0 aromatic carbocycles. The molecule has 0 aromatic rings. The van der Waals surface area contributed by atoms with E-state index in [4.69, 9.17) is 14.2 Å². The van der Waals surface area contributed by atoms with Gasteiger partial charge in [-0.1, -0.05) is 115 Å². The molecule has 0 saturated carbocycles. The van der Waals surface area contributed by atoms with Gasteiger partial charge in [0.15, 0.2) is 0 Å². The highest BCUT2D eigenvalue weighted by molar-refractivity contribution is 5.72. The molecule has 0 radical (unpaired) electrons. The SMILES string of the molecule is C=C=C=C=C1C(CCCCC)CC(=O)OCCCCCCCCC(OC(=O)CN2CCCC2)CCCCCCCCOC(=O)CC1CCCCC. The second-order valence-electron chi connectivity index (χ2n) is 15.0. The zero-order valence-electron chi connectivity index (χ0n) is 32.8. The molecule has 2 atom stereocenters. The highest BCUT2D eigenvalue weighted by Gasteiger charge is 2.28. The van der Waals surface area contributed by atoms with E-state index < -0.39 is 0 Å². The minimum Gasteiger partial charge on any atom is -0.466 e. The Kier molecular flexibility index (Phi) is 26.2. The molecular weight excluding hydrogens is 638 g/mol. The fraction of sp³-hybridized carbons (Fsp3) is 0.818. The summed E-state index contributed by atoms with van der Waals surface area (Å²) in [6.45, 7) is 11.4. The molecule has 7 nitrogen and oxygen atoms in total. The molecule has 2 fully saturated rings. The smallest absolute Gasteiger partial charge is 0.320 e. The summed E-state index contributed by atoms with van der Waals surface area (Å²) in [5, 5.41) is 0. The van der Waals surface area contributed by atoms with E-state index in [9.17, 15) is 14.4 Å². The van der Waals surface area contributed by atoms with Gasteiger partial charge in [-0.25, -0.2) is 0 Å². The fourth-order valence-electron chi connectivity index (χ4n) is 7.53. The largest absolute Gasteiger partial charge is 0.466 e. The van der Waals surface area contributed by atoms with E-state index in [0.29, 0.717) is 19.8 Å².